The molecule has 0 bridgehead atoms. The minimum Gasteiger partial charge on any atom is -0.378 e. The first kappa shape index (κ1) is 25.5. The molecule has 7 nitrogen and oxygen atoms in total. The fourth-order valence-corrected chi connectivity index (χ4v) is 4.54. The molecule has 10 heteroatoms. The normalized spacial score (nSPS) is 23.2. The van der Waals surface area contributed by atoms with Crippen LogP contribution in [-0.2, 0) is 17.4 Å². The highest BCUT2D eigenvalue weighted by molar-refractivity contribution is 5.80. The smallest absolute Gasteiger partial charge is 0.378 e. The SMILES string of the molecule is CCNC(=NCCC(O)(c1nccn1C)C(F)(F)F)NC1CC(OCC)C1(CC)CC. The number of hydrogen-bond acceptors (Lipinski definition) is 4. The van der Waals surface area contributed by atoms with Crippen LogP contribution in [-0.4, -0.2) is 58.6 Å². The first-order valence-electron chi connectivity index (χ1n) is 11.0. The van der Waals surface area contributed by atoms with Crippen LogP contribution in [0.3, 0.4) is 0 Å². The number of halogens is 3. The number of nitrogens with one attached hydrogen (secondary N) is 2. The molecule has 0 saturated heterocycles. The van der Waals surface area contributed by atoms with Gasteiger partial charge in [0.1, 0.15) is 5.82 Å². The third-order valence-corrected chi connectivity index (χ3v) is 6.53. The summed E-state index contributed by atoms with van der Waals surface area (Å²) in [5.41, 5.74) is -3.11. The molecule has 1 aliphatic carbocycles. The maximum absolute atomic E-state index is 13.7. The number of aliphatic hydroxyl groups is 1. The lowest BCUT2D eigenvalue weighted by molar-refractivity contribution is -0.272. The topological polar surface area (TPSA) is 83.7 Å². The van der Waals surface area contributed by atoms with Crippen molar-refractivity contribution in [3.63, 3.8) is 0 Å². The molecule has 178 valence electrons. The molecule has 2 rings (SSSR count). The van der Waals surface area contributed by atoms with Crippen LogP contribution in [0, 0.1) is 5.41 Å². The van der Waals surface area contributed by atoms with Gasteiger partial charge in [-0.15, -0.1) is 0 Å². The second kappa shape index (κ2) is 10.2. The monoisotopic (exact) mass is 447 g/mol. The van der Waals surface area contributed by atoms with Crippen molar-refractivity contribution < 1.29 is 23.0 Å². The van der Waals surface area contributed by atoms with Crippen LogP contribution in [0.2, 0.25) is 0 Å². The Hall–Kier alpha value is -1.81. The van der Waals surface area contributed by atoms with E-state index in [-0.39, 0.29) is 24.1 Å². The maximum atomic E-state index is 13.7. The summed E-state index contributed by atoms with van der Waals surface area (Å²) in [7, 11) is 1.43. The molecule has 3 N–H and O–H groups in total. The van der Waals surface area contributed by atoms with E-state index in [1.165, 1.54) is 24.0 Å². The van der Waals surface area contributed by atoms with Crippen molar-refractivity contribution >= 4 is 5.96 Å². The standard InChI is InChI=1S/C21H36F3N5O2/c1-6-19(7-2)15(14-16(19)31-9-4)28-18(25-8-3)27-11-10-20(30,21(22,23)24)17-26-12-13-29(17)5/h12-13,15-16,30H,6-11,14H2,1-5H3,(H2,25,27,28). The molecule has 0 aliphatic heterocycles. The van der Waals surface area contributed by atoms with Gasteiger partial charge in [0.15, 0.2) is 5.96 Å². The van der Waals surface area contributed by atoms with Gasteiger partial charge in [0.05, 0.1) is 6.10 Å². The van der Waals surface area contributed by atoms with E-state index in [0.717, 1.165) is 19.3 Å². The summed E-state index contributed by atoms with van der Waals surface area (Å²) in [6.45, 7) is 9.14. The molecular weight excluding hydrogens is 411 g/mol. The molecule has 3 unspecified atom stereocenters. The Balaban J connectivity index is 2.15. The molecule has 1 heterocycles. The van der Waals surface area contributed by atoms with E-state index in [1.54, 1.807) is 0 Å². The average molecular weight is 448 g/mol. The molecule has 0 radical (unpaired) electrons. The van der Waals surface area contributed by atoms with E-state index < -0.39 is 24.0 Å². The van der Waals surface area contributed by atoms with E-state index in [2.05, 4.69) is 34.5 Å². The lowest BCUT2D eigenvalue weighted by atomic mass is 9.58. The third kappa shape index (κ3) is 5.00. The average Bonchev–Trinajstić information content (AvgIpc) is 3.13. The van der Waals surface area contributed by atoms with Gasteiger partial charge in [-0.3, -0.25) is 4.99 Å². The Labute approximate surface area is 182 Å². The quantitative estimate of drug-likeness (QED) is 0.379. The Morgan fingerprint density at radius 2 is 2.00 bits per heavy atom. The predicted octanol–water partition coefficient (Wildman–Crippen LogP) is 3.10. The van der Waals surface area contributed by atoms with Gasteiger partial charge in [-0.2, -0.15) is 13.2 Å². The van der Waals surface area contributed by atoms with Gasteiger partial charge < -0.3 is 25.0 Å². The highest BCUT2D eigenvalue weighted by atomic mass is 19.4. The number of hydrogen-bond donors (Lipinski definition) is 3. The van der Waals surface area contributed by atoms with Gasteiger partial charge in [0, 0.05) is 57.0 Å². The van der Waals surface area contributed by atoms with Crippen molar-refractivity contribution in [3.8, 4) is 0 Å². The lowest BCUT2D eigenvalue weighted by Gasteiger charge is -2.55. The van der Waals surface area contributed by atoms with E-state index in [9.17, 15) is 18.3 Å². The van der Waals surface area contributed by atoms with Gasteiger partial charge in [-0.25, -0.2) is 4.98 Å². The Morgan fingerprint density at radius 1 is 1.32 bits per heavy atom. The van der Waals surface area contributed by atoms with Crippen molar-refractivity contribution in [3.05, 3.63) is 18.2 Å². The van der Waals surface area contributed by atoms with Crippen molar-refractivity contribution in [1.29, 1.82) is 0 Å². The van der Waals surface area contributed by atoms with Gasteiger partial charge >= 0.3 is 6.18 Å². The number of aryl methyl sites for hydroxylation is 1. The fourth-order valence-electron chi connectivity index (χ4n) is 4.54. The number of guanidine groups is 1. The zero-order chi connectivity index (χ0) is 23.3. The lowest BCUT2D eigenvalue weighted by Crippen LogP contribution is -2.65. The Bertz CT molecular complexity index is 733. The van der Waals surface area contributed by atoms with E-state index in [4.69, 9.17) is 4.74 Å². The largest absolute Gasteiger partial charge is 0.424 e. The van der Waals surface area contributed by atoms with Crippen LogP contribution in [0.25, 0.3) is 0 Å². The molecule has 0 aromatic carbocycles. The third-order valence-electron chi connectivity index (χ3n) is 6.53. The van der Waals surface area contributed by atoms with E-state index in [1.807, 2.05) is 13.8 Å². The first-order valence-corrected chi connectivity index (χ1v) is 11.0. The Kier molecular flexibility index (Phi) is 8.38. The highest BCUT2D eigenvalue weighted by Crippen LogP contribution is 2.49. The summed E-state index contributed by atoms with van der Waals surface area (Å²) in [6.07, 6.45) is -0.0480. The second-order valence-electron chi connectivity index (χ2n) is 8.05. The molecule has 1 aromatic rings. The highest BCUT2D eigenvalue weighted by Gasteiger charge is 2.57. The van der Waals surface area contributed by atoms with Gasteiger partial charge in [-0.1, -0.05) is 13.8 Å². The molecule has 0 amide bonds. The van der Waals surface area contributed by atoms with Crippen LogP contribution < -0.4 is 10.6 Å². The van der Waals surface area contributed by atoms with Gasteiger partial charge in [0.25, 0.3) is 0 Å². The molecule has 0 spiro atoms. The van der Waals surface area contributed by atoms with Gasteiger partial charge in [-0.05, 0) is 33.1 Å². The summed E-state index contributed by atoms with van der Waals surface area (Å²) >= 11 is 0. The summed E-state index contributed by atoms with van der Waals surface area (Å²) in [6, 6.07) is 0.118. The van der Waals surface area contributed by atoms with Crippen LogP contribution >= 0.6 is 0 Å². The van der Waals surface area contributed by atoms with E-state index in [0.29, 0.717) is 19.1 Å². The van der Waals surface area contributed by atoms with Crippen LogP contribution in [0.15, 0.2) is 17.4 Å². The number of aromatic nitrogens is 2. The van der Waals surface area contributed by atoms with Crippen LogP contribution in [0.1, 0.15) is 59.2 Å². The number of alkyl halides is 3. The number of aliphatic imine (C=N–C) groups is 1. The molecule has 1 aliphatic rings. The van der Waals surface area contributed by atoms with Crippen LogP contribution in [0.5, 0.6) is 0 Å². The molecular formula is C21H36F3N5O2. The number of nitrogens with zero attached hydrogens (tertiary/aromatic N) is 3. The van der Waals surface area contributed by atoms with Crippen molar-refractivity contribution in [2.75, 3.05) is 19.7 Å². The summed E-state index contributed by atoms with van der Waals surface area (Å²) in [5, 5.41) is 17.0. The van der Waals surface area contributed by atoms with Crippen LogP contribution in [0.4, 0.5) is 13.2 Å². The molecule has 1 aromatic heterocycles. The molecule has 1 saturated carbocycles. The fraction of sp³-hybridized carbons (Fsp3) is 0.810. The predicted molar refractivity (Wildman–Crippen MR) is 114 cm³/mol. The van der Waals surface area contributed by atoms with E-state index >= 15 is 0 Å². The number of imidazole rings is 1. The Morgan fingerprint density at radius 3 is 2.48 bits per heavy atom. The first-order chi connectivity index (χ1) is 14.6. The van der Waals surface area contributed by atoms with Crippen molar-refractivity contribution in [1.82, 2.24) is 20.2 Å². The minimum atomic E-state index is -4.87. The summed E-state index contributed by atoms with van der Waals surface area (Å²) < 4.78 is 48.2. The second-order valence-corrected chi connectivity index (χ2v) is 8.05. The van der Waals surface area contributed by atoms with Crippen molar-refractivity contribution in [2.45, 2.75) is 77.3 Å². The summed E-state index contributed by atoms with van der Waals surface area (Å²) in [4.78, 5) is 8.06. The zero-order valence-electron chi connectivity index (χ0n) is 19.1. The molecule has 31 heavy (non-hydrogen) atoms. The van der Waals surface area contributed by atoms with Crippen molar-refractivity contribution in [2.24, 2.45) is 17.5 Å². The zero-order valence-corrected chi connectivity index (χ0v) is 19.1. The van der Waals surface area contributed by atoms with Gasteiger partial charge in [0.2, 0.25) is 5.60 Å². The maximum Gasteiger partial charge on any atom is 0.424 e. The molecule has 1 fully saturated rings. The number of ether oxygens (including phenoxy) is 1. The minimum absolute atomic E-state index is 0.0358. The summed E-state index contributed by atoms with van der Waals surface area (Å²) in [5.74, 6) is 0.000722. The number of rotatable bonds is 10. The molecule has 3 atom stereocenters.